The molecule has 5 heteroatoms. The van der Waals surface area contributed by atoms with Crippen molar-refractivity contribution in [1.29, 1.82) is 0 Å². The van der Waals surface area contributed by atoms with Gasteiger partial charge in [0.1, 0.15) is 5.82 Å². The van der Waals surface area contributed by atoms with Crippen molar-refractivity contribution in [1.82, 2.24) is 10.2 Å². The number of hydrogen-bond donors (Lipinski definition) is 1. The van der Waals surface area contributed by atoms with Crippen LogP contribution in [-0.4, -0.2) is 37.0 Å². The molecular weight excluding hydrogens is 311 g/mol. The van der Waals surface area contributed by atoms with Gasteiger partial charge in [0.15, 0.2) is 0 Å². The van der Waals surface area contributed by atoms with Gasteiger partial charge < -0.3 is 10.2 Å². The molecule has 3 nitrogen and oxygen atoms in total. The molecule has 1 aromatic carbocycles. The van der Waals surface area contributed by atoms with Crippen LogP contribution in [0.2, 0.25) is 0 Å². The average Bonchev–Trinajstić information content (AvgIpc) is 2.42. The Morgan fingerprint density at radius 3 is 3.05 bits per heavy atom. The SMILES string of the molecule is CNCC1CCCCN1C(=O)c1cc(Br)ccc1F. The summed E-state index contributed by atoms with van der Waals surface area (Å²) in [6.45, 7) is 1.46. The van der Waals surface area contributed by atoms with Gasteiger partial charge in [-0.1, -0.05) is 15.9 Å². The fraction of sp³-hybridized carbons (Fsp3) is 0.500. The number of nitrogens with zero attached hydrogens (tertiary/aromatic N) is 1. The smallest absolute Gasteiger partial charge is 0.257 e. The standard InChI is InChI=1S/C14H18BrFN2O/c1-17-9-11-4-2-3-7-18(11)14(19)12-8-10(15)5-6-13(12)16/h5-6,8,11,17H,2-4,7,9H2,1H3. The lowest BCUT2D eigenvalue weighted by Crippen LogP contribution is -2.48. The van der Waals surface area contributed by atoms with E-state index in [9.17, 15) is 9.18 Å². The van der Waals surface area contributed by atoms with E-state index in [4.69, 9.17) is 0 Å². The summed E-state index contributed by atoms with van der Waals surface area (Å²) in [4.78, 5) is 14.3. The molecule has 1 unspecified atom stereocenters. The van der Waals surface area contributed by atoms with Crippen LogP contribution in [0.4, 0.5) is 4.39 Å². The molecule has 0 radical (unpaired) electrons. The molecular formula is C14H18BrFN2O. The maximum atomic E-state index is 13.8. The number of piperidine rings is 1. The first-order valence-corrected chi connectivity index (χ1v) is 7.33. The monoisotopic (exact) mass is 328 g/mol. The summed E-state index contributed by atoms with van der Waals surface area (Å²) < 4.78 is 14.5. The third-order valence-electron chi connectivity index (χ3n) is 3.49. The Labute approximate surface area is 121 Å². The number of likely N-dealkylation sites (N-methyl/N-ethyl adjacent to an activating group) is 1. The van der Waals surface area contributed by atoms with Crippen LogP contribution in [0, 0.1) is 5.82 Å². The van der Waals surface area contributed by atoms with Crippen LogP contribution in [0.25, 0.3) is 0 Å². The zero-order valence-electron chi connectivity index (χ0n) is 11.0. The van der Waals surface area contributed by atoms with Crippen molar-refractivity contribution < 1.29 is 9.18 Å². The highest BCUT2D eigenvalue weighted by Crippen LogP contribution is 2.22. The molecule has 1 atom stereocenters. The summed E-state index contributed by atoms with van der Waals surface area (Å²) in [5, 5.41) is 3.10. The van der Waals surface area contributed by atoms with Crippen molar-refractivity contribution in [3.8, 4) is 0 Å². The van der Waals surface area contributed by atoms with Crippen molar-refractivity contribution in [3.05, 3.63) is 34.1 Å². The quantitative estimate of drug-likeness (QED) is 0.925. The van der Waals surface area contributed by atoms with Gasteiger partial charge in [0.25, 0.3) is 5.91 Å². The molecule has 0 bridgehead atoms. The second-order valence-corrected chi connectivity index (χ2v) is 5.75. The van der Waals surface area contributed by atoms with Gasteiger partial charge in [0.2, 0.25) is 0 Å². The maximum Gasteiger partial charge on any atom is 0.257 e. The van der Waals surface area contributed by atoms with Crippen LogP contribution in [0.5, 0.6) is 0 Å². The van der Waals surface area contributed by atoms with Crippen LogP contribution in [-0.2, 0) is 0 Å². The second-order valence-electron chi connectivity index (χ2n) is 4.83. The van der Waals surface area contributed by atoms with Crippen molar-refractivity contribution >= 4 is 21.8 Å². The number of likely N-dealkylation sites (tertiary alicyclic amines) is 1. The number of amides is 1. The van der Waals surface area contributed by atoms with Crippen molar-refractivity contribution in [2.24, 2.45) is 0 Å². The van der Waals surface area contributed by atoms with Crippen LogP contribution >= 0.6 is 15.9 Å². The summed E-state index contributed by atoms with van der Waals surface area (Å²) >= 11 is 3.28. The summed E-state index contributed by atoms with van der Waals surface area (Å²) in [5.41, 5.74) is 0.150. The van der Waals surface area contributed by atoms with Gasteiger partial charge in [-0.05, 0) is 44.5 Å². The summed E-state index contributed by atoms with van der Waals surface area (Å²) in [5.74, 6) is -0.666. The van der Waals surface area contributed by atoms with Crippen LogP contribution in [0.1, 0.15) is 29.6 Å². The number of nitrogens with one attached hydrogen (secondary N) is 1. The normalized spacial score (nSPS) is 19.5. The highest BCUT2D eigenvalue weighted by molar-refractivity contribution is 9.10. The Morgan fingerprint density at radius 2 is 2.32 bits per heavy atom. The lowest BCUT2D eigenvalue weighted by molar-refractivity contribution is 0.0610. The van der Waals surface area contributed by atoms with Crippen molar-refractivity contribution in [3.63, 3.8) is 0 Å². The molecule has 0 aliphatic carbocycles. The summed E-state index contributed by atoms with van der Waals surface area (Å²) in [6.07, 6.45) is 3.08. The lowest BCUT2D eigenvalue weighted by atomic mass is 10.0. The molecule has 0 spiro atoms. The third kappa shape index (κ3) is 3.34. The second kappa shape index (κ2) is 6.48. The first kappa shape index (κ1) is 14.5. The molecule has 1 aliphatic rings. The molecule has 1 heterocycles. The topological polar surface area (TPSA) is 32.3 Å². The average molecular weight is 329 g/mol. The Bertz CT molecular complexity index is 465. The molecule has 1 aromatic rings. The Hall–Kier alpha value is -0.940. The van der Waals surface area contributed by atoms with Gasteiger partial charge in [-0.2, -0.15) is 0 Å². The number of halogens is 2. The van der Waals surface area contributed by atoms with Gasteiger partial charge in [0, 0.05) is 23.6 Å². The molecule has 19 heavy (non-hydrogen) atoms. The van der Waals surface area contributed by atoms with Crippen molar-refractivity contribution in [2.75, 3.05) is 20.1 Å². The van der Waals surface area contributed by atoms with E-state index in [1.54, 1.807) is 17.0 Å². The minimum atomic E-state index is -0.456. The highest BCUT2D eigenvalue weighted by atomic mass is 79.9. The minimum Gasteiger partial charge on any atom is -0.334 e. The number of benzene rings is 1. The van der Waals surface area contributed by atoms with E-state index in [1.165, 1.54) is 6.07 Å². The van der Waals surface area contributed by atoms with E-state index < -0.39 is 5.82 Å². The van der Waals surface area contributed by atoms with Gasteiger partial charge in [0.05, 0.1) is 5.56 Å². The predicted molar refractivity (Wildman–Crippen MR) is 76.7 cm³/mol. The predicted octanol–water partition coefficient (Wildman–Crippen LogP) is 2.80. The molecule has 1 N–H and O–H groups in total. The number of hydrogen-bond acceptors (Lipinski definition) is 2. The van der Waals surface area contributed by atoms with Crippen LogP contribution in [0.3, 0.4) is 0 Å². The first-order chi connectivity index (χ1) is 9.13. The number of carbonyl (C=O) groups excluding carboxylic acids is 1. The van der Waals surface area contributed by atoms with Crippen molar-refractivity contribution in [2.45, 2.75) is 25.3 Å². The van der Waals surface area contributed by atoms with Crippen LogP contribution < -0.4 is 5.32 Å². The van der Waals surface area contributed by atoms with Gasteiger partial charge in [-0.15, -0.1) is 0 Å². The fourth-order valence-corrected chi connectivity index (χ4v) is 2.89. The third-order valence-corrected chi connectivity index (χ3v) is 3.98. The fourth-order valence-electron chi connectivity index (χ4n) is 2.53. The van der Waals surface area contributed by atoms with E-state index in [0.29, 0.717) is 6.54 Å². The highest BCUT2D eigenvalue weighted by Gasteiger charge is 2.28. The molecule has 2 rings (SSSR count). The number of carbonyl (C=O) groups is 1. The lowest BCUT2D eigenvalue weighted by Gasteiger charge is -2.35. The van der Waals surface area contributed by atoms with Gasteiger partial charge in [-0.3, -0.25) is 4.79 Å². The largest absolute Gasteiger partial charge is 0.334 e. The van der Waals surface area contributed by atoms with Gasteiger partial charge in [-0.25, -0.2) is 4.39 Å². The number of rotatable bonds is 3. The Morgan fingerprint density at radius 1 is 1.53 bits per heavy atom. The van der Waals surface area contributed by atoms with E-state index >= 15 is 0 Å². The molecule has 1 aliphatic heterocycles. The molecule has 0 saturated carbocycles. The Kier molecular flexibility index (Phi) is 4.93. The zero-order chi connectivity index (χ0) is 13.8. The zero-order valence-corrected chi connectivity index (χ0v) is 12.5. The van der Waals surface area contributed by atoms with Gasteiger partial charge >= 0.3 is 0 Å². The molecule has 104 valence electrons. The summed E-state index contributed by atoms with van der Waals surface area (Å²) in [7, 11) is 1.87. The van der Waals surface area contributed by atoms with Crippen LogP contribution in [0.15, 0.2) is 22.7 Å². The molecule has 0 aromatic heterocycles. The first-order valence-electron chi connectivity index (χ1n) is 6.54. The maximum absolute atomic E-state index is 13.8. The molecule has 1 saturated heterocycles. The van der Waals surface area contributed by atoms with E-state index in [1.807, 2.05) is 7.05 Å². The van der Waals surface area contributed by atoms with E-state index in [0.717, 1.165) is 30.3 Å². The minimum absolute atomic E-state index is 0.150. The van der Waals surface area contributed by atoms with E-state index in [-0.39, 0.29) is 17.5 Å². The Balaban J connectivity index is 2.23. The molecule has 1 amide bonds. The molecule has 1 fully saturated rings. The van der Waals surface area contributed by atoms with E-state index in [2.05, 4.69) is 21.2 Å². The summed E-state index contributed by atoms with van der Waals surface area (Å²) in [6, 6.07) is 4.65.